The Morgan fingerprint density at radius 3 is 2.73 bits per heavy atom. The van der Waals surface area contributed by atoms with Gasteiger partial charge < -0.3 is 4.90 Å². The zero-order valence-electron chi connectivity index (χ0n) is 8.34. The zero-order chi connectivity index (χ0) is 11.0. The van der Waals surface area contributed by atoms with Crippen LogP contribution in [0.4, 0.5) is 4.39 Å². The predicted octanol–water partition coefficient (Wildman–Crippen LogP) is 2.66. The van der Waals surface area contributed by atoms with Crippen molar-refractivity contribution >= 4 is 28.5 Å². The third-order valence-electron chi connectivity index (χ3n) is 2.58. The average Bonchev–Trinajstić information content (AvgIpc) is 3.03. The van der Waals surface area contributed by atoms with E-state index in [1.807, 2.05) is 22.6 Å². The lowest BCUT2D eigenvalue weighted by atomic mass is 10.2. The first-order valence-corrected chi connectivity index (χ1v) is 5.89. The van der Waals surface area contributed by atoms with Gasteiger partial charge in [-0.1, -0.05) is 0 Å². The van der Waals surface area contributed by atoms with Crippen molar-refractivity contribution in [2.24, 2.45) is 0 Å². The largest absolute Gasteiger partial charge is 0.339 e. The molecule has 2 nitrogen and oxygen atoms in total. The maximum atomic E-state index is 13.0. The average molecular weight is 319 g/mol. The number of nitrogens with zero attached hydrogens (tertiary/aromatic N) is 1. The van der Waals surface area contributed by atoms with Gasteiger partial charge in [0.15, 0.2) is 0 Å². The van der Waals surface area contributed by atoms with E-state index in [2.05, 4.69) is 0 Å². The van der Waals surface area contributed by atoms with Crippen molar-refractivity contribution in [3.05, 3.63) is 33.1 Å². The van der Waals surface area contributed by atoms with Gasteiger partial charge in [0.25, 0.3) is 5.91 Å². The molecule has 0 aromatic heterocycles. The molecule has 0 aliphatic heterocycles. The highest BCUT2D eigenvalue weighted by Gasteiger charge is 2.30. The summed E-state index contributed by atoms with van der Waals surface area (Å²) in [6.07, 6.45) is 2.17. The molecule has 1 aromatic carbocycles. The molecule has 4 heteroatoms. The maximum Gasteiger partial charge on any atom is 0.253 e. The molecule has 0 unspecified atom stereocenters. The van der Waals surface area contributed by atoms with Crippen molar-refractivity contribution < 1.29 is 9.18 Å². The van der Waals surface area contributed by atoms with Gasteiger partial charge >= 0.3 is 0 Å². The minimum atomic E-state index is -0.277. The van der Waals surface area contributed by atoms with Crippen LogP contribution in [0.3, 0.4) is 0 Å². The first-order valence-electron chi connectivity index (χ1n) is 4.82. The van der Waals surface area contributed by atoms with E-state index in [9.17, 15) is 9.18 Å². The lowest BCUT2D eigenvalue weighted by Crippen LogP contribution is -2.28. The second-order valence-electron chi connectivity index (χ2n) is 3.78. The lowest BCUT2D eigenvalue weighted by Gasteiger charge is -2.16. The van der Waals surface area contributed by atoms with Crippen molar-refractivity contribution in [1.29, 1.82) is 0 Å². The molecule has 0 spiro atoms. The topological polar surface area (TPSA) is 20.3 Å². The van der Waals surface area contributed by atoms with Gasteiger partial charge in [-0.15, -0.1) is 0 Å². The first-order chi connectivity index (χ1) is 7.09. The fourth-order valence-corrected chi connectivity index (χ4v) is 1.98. The Balaban J connectivity index is 2.21. The van der Waals surface area contributed by atoms with E-state index in [0.29, 0.717) is 15.2 Å². The van der Waals surface area contributed by atoms with E-state index in [4.69, 9.17) is 0 Å². The highest BCUT2D eigenvalue weighted by atomic mass is 127. The molecule has 1 aliphatic carbocycles. The predicted molar refractivity (Wildman–Crippen MR) is 64.2 cm³/mol. The van der Waals surface area contributed by atoms with Crippen LogP contribution in [-0.2, 0) is 0 Å². The Hall–Kier alpha value is -0.650. The molecule has 15 heavy (non-hydrogen) atoms. The van der Waals surface area contributed by atoms with Crippen molar-refractivity contribution in [2.75, 3.05) is 7.05 Å². The second-order valence-corrected chi connectivity index (χ2v) is 4.94. The summed E-state index contributed by atoms with van der Waals surface area (Å²) < 4.78 is 13.5. The monoisotopic (exact) mass is 319 g/mol. The molecule has 80 valence electrons. The molecule has 0 saturated heterocycles. The number of carbonyl (C=O) groups excluding carboxylic acids is 1. The molecule has 0 bridgehead atoms. The Labute approximate surface area is 102 Å². The lowest BCUT2D eigenvalue weighted by molar-refractivity contribution is 0.0785. The Morgan fingerprint density at radius 1 is 1.53 bits per heavy atom. The van der Waals surface area contributed by atoms with Gasteiger partial charge in [-0.3, -0.25) is 4.79 Å². The standard InChI is InChI=1S/C11H11FINO/c1-14(8-3-4-8)11(15)7-2-5-9(12)10(13)6-7/h2,5-6,8H,3-4H2,1H3. The van der Waals surface area contributed by atoms with Gasteiger partial charge in [0.05, 0.1) is 0 Å². The number of hydrogen-bond acceptors (Lipinski definition) is 1. The quantitative estimate of drug-likeness (QED) is 0.768. The van der Waals surface area contributed by atoms with Crippen LogP contribution < -0.4 is 0 Å². The first kappa shape index (κ1) is 10.9. The molecule has 1 aliphatic rings. The van der Waals surface area contributed by atoms with Crippen LogP contribution in [0.2, 0.25) is 0 Å². The van der Waals surface area contributed by atoms with Crippen LogP contribution in [0.25, 0.3) is 0 Å². The van der Waals surface area contributed by atoms with Crippen LogP contribution in [0.15, 0.2) is 18.2 Å². The number of carbonyl (C=O) groups is 1. The SMILES string of the molecule is CN(C(=O)c1ccc(F)c(I)c1)C1CC1. The third kappa shape index (κ3) is 2.30. The van der Waals surface area contributed by atoms with Gasteiger partial charge in [0.1, 0.15) is 5.82 Å². The van der Waals surface area contributed by atoms with Gasteiger partial charge in [-0.05, 0) is 53.6 Å². The molecule has 1 amide bonds. The highest BCUT2D eigenvalue weighted by molar-refractivity contribution is 14.1. The van der Waals surface area contributed by atoms with Gasteiger partial charge in [-0.25, -0.2) is 4.39 Å². The van der Waals surface area contributed by atoms with E-state index in [1.165, 1.54) is 6.07 Å². The number of hydrogen-bond donors (Lipinski definition) is 0. The van der Waals surface area contributed by atoms with Gasteiger partial charge in [0.2, 0.25) is 0 Å². The molecule has 0 atom stereocenters. The number of rotatable bonds is 2. The Kier molecular flexibility index (Phi) is 2.95. The summed E-state index contributed by atoms with van der Waals surface area (Å²) in [6.45, 7) is 0. The molecule has 0 N–H and O–H groups in total. The number of amides is 1. The molecule has 0 heterocycles. The molecular weight excluding hydrogens is 308 g/mol. The molecule has 1 saturated carbocycles. The summed E-state index contributed by atoms with van der Waals surface area (Å²) in [5, 5.41) is 0. The molecule has 2 rings (SSSR count). The summed E-state index contributed by atoms with van der Waals surface area (Å²) in [7, 11) is 1.80. The third-order valence-corrected chi connectivity index (χ3v) is 3.41. The minimum Gasteiger partial charge on any atom is -0.339 e. The Bertz CT molecular complexity index is 404. The fraction of sp³-hybridized carbons (Fsp3) is 0.364. The summed E-state index contributed by atoms with van der Waals surface area (Å²) in [5.41, 5.74) is 0.565. The van der Waals surface area contributed by atoms with Crippen molar-refractivity contribution in [1.82, 2.24) is 4.90 Å². The summed E-state index contributed by atoms with van der Waals surface area (Å²) in [6, 6.07) is 4.87. The van der Waals surface area contributed by atoms with E-state index >= 15 is 0 Å². The smallest absolute Gasteiger partial charge is 0.253 e. The van der Waals surface area contributed by atoms with Crippen LogP contribution in [0, 0.1) is 9.39 Å². The van der Waals surface area contributed by atoms with Gasteiger partial charge in [-0.2, -0.15) is 0 Å². The van der Waals surface area contributed by atoms with Gasteiger partial charge in [0, 0.05) is 22.2 Å². The normalized spacial score (nSPS) is 15.1. The van der Waals surface area contributed by atoms with Crippen LogP contribution in [0.1, 0.15) is 23.2 Å². The van der Waals surface area contributed by atoms with Crippen LogP contribution in [0.5, 0.6) is 0 Å². The number of halogens is 2. The van der Waals surface area contributed by atoms with E-state index in [-0.39, 0.29) is 11.7 Å². The van der Waals surface area contributed by atoms with Crippen LogP contribution in [-0.4, -0.2) is 23.9 Å². The second kappa shape index (κ2) is 4.08. The molecule has 1 aromatic rings. The summed E-state index contributed by atoms with van der Waals surface area (Å²) in [5.74, 6) is -0.295. The van der Waals surface area contributed by atoms with Crippen molar-refractivity contribution in [3.63, 3.8) is 0 Å². The number of benzene rings is 1. The van der Waals surface area contributed by atoms with Crippen molar-refractivity contribution in [3.8, 4) is 0 Å². The highest BCUT2D eigenvalue weighted by Crippen LogP contribution is 2.27. The molecule has 0 radical (unpaired) electrons. The molecule has 1 fully saturated rings. The van der Waals surface area contributed by atoms with E-state index in [0.717, 1.165) is 12.8 Å². The minimum absolute atomic E-state index is 0.0181. The van der Waals surface area contributed by atoms with Crippen molar-refractivity contribution in [2.45, 2.75) is 18.9 Å². The summed E-state index contributed by atoms with van der Waals surface area (Å²) in [4.78, 5) is 13.6. The maximum absolute atomic E-state index is 13.0. The Morgan fingerprint density at radius 2 is 2.20 bits per heavy atom. The van der Waals surface area contributed by atoms with E-state index < -0.39 is 0 Å². The fourth-order valence-electron chi connectivity index (χ4n) is 1.46. The molecular formula is C11H11FINO. The zero-order valence-corrected chi connectivity index (χ0v) is 10.5. The van der Waals surface area contributed by atoms with E-state index in [1.54, 1.807) is 24.1 Å². The van der Waals surface area contributed by atoms with Crippen LogP contribution >= 0.6 is 22.6 Å². The summed E-state index contributed by atoms with van der Waals surface area (Å²) >= 11 is 1.89.